The second kappa shape index (κ2) is 11.7. The van der Waals surface area contributed by atoms with Gasteiger partial charge in [-0.05, 0) is 66.8 Å². The first-order chi connectivity index (χ1) is 20.3. The Morgan fingerprint density at radius 3 is 2.52 bits per heavy atom. The van der Waals surface area contributed by atoms with Crippen LogP contribution in [0.15, 0.2) is 101 Å². The van der Waals surface area contributed by atoms with Crippen molar-refractivity contribution >= 4 is 38.9 Å². The lowest BCUT2D eigenvalue weighted by atomic mass is 9.83. The summed E-state index contributed by atoms with van der Waals surface area (Å²) in [6.45, 7) is 2.34. The van der Waals surface area contributed by atoms with Gasteiger partial charge in [0.2, 0.25) is 0 Å². The van der Waals surface area contributed by atoms with Crippen LogP contribution in [0.3, 0.4) is 0 Å². The van der Waals surface area contributed by atoms with Gasteiger partial charge in [-0.1, -0.05) is 54.1 Å². The van der Waals surface area contributed by atoms with Gasteiger partial charge >= 0.3 is 0 Å². The fourth-order valence-electron chi connectivity index (χ4n) is 6.03. The summed E-state index contributed by atoms with van der Waals surface area (Å²) in [5, 5.41) is 3.25. The second-order valence-corrected chi connectivity index (χ2v) is 13.0. The number of amides is 1. The SMILES string of the molecule is O=C(NCCc1ccccc1)c1ccc(N2C[C@@H]3C[C@H](C2)c2cccc(=O)n2C3)c(NS(=O)(=O)c2cccc(Cl)c2)c1. The van der Waals surface area contributed by atoms with E-state index >= 15 is 0 Å². The highest BCUT2D eigenvalue weighted by Crippen LogP contribution is 2.40. The third kappa shape index (κ3) is 5.93. The summed E-state index contributed by atoms with van der Waals surface area (Å²) in [6.07, 6.45) is 1.64. The minimum absolute atomic E-state index is 0.00764. The zero-order valence-corrected chi connectivity index (χ0v) is 24.4. The molecule has 6 rings (SSSR count). The van der Waals surface area contributed by atoms with Crippen molar-refractivity contribution in [1.29, 1.82) is 0 Å². The summed E-state index contributed by atoms with van der Waals surface area (Å²) in [4.78, 5) is 27.8. The Morgan fingerprint density at radius 2 is 1.71 bits per heavy atom. The van der Waals surface area contributed by atoms with E-state index in [-0.39, 0.29) is 28.2 Å². The molecule has 1 saturated heterocycles. The maximum Gasteiger partial charge on any atom is 0.262 e. The van der Waals surface area contributed by atoms with Crippen molar-refractivity contribution < 1.29 is 13.2 Å². The molecule has 8 nitrogen and oxygen atoms in total. The number of benzene rings is 3. The molecule has 1 aromatic heterocycles. The maximum absolute atomic E-state index is 13.5. The van der Waals surface area contributed by atoms with E-state index in [9.17, 15) is 18.0 Å². The maximum atomic E-state index is 13.5. The fraction of sp³-hybridized carbons (Fsp3) is 0.250. The van der Waals surface area contributed by atoms with Crippen molar-refractivity contribution in [3.63, 3.8) is 0 Å². The average Bonchev–Trinajstić information content (AvgIpc) is 2.98. The number of hydrogen-bond acceptors (Lipinski definition) is 5. The van der Waals surface area contributed by atoms with Gasteiger partial charge in [0.1, 0.15) is 0 Å². The van der Waals surface area contributed by atoms with E-state index in [1.54, 1.807) is 42.5 Å². The molecule has 2 atom stereocenters. The molecule has 2 bridgehead atoms. The normalized spacial score (nSPS) is 17.8. The molecular formula is C32H31ClN4O4S. The molecular weight excluding hydrogens is 572 g/mol. The summed E-state index contributed by atoms with van der Waals surface area (Å²) in [6, 6.07) is 26.5. The van der Waals surface area contributed by atoms with Crippen molar-refractivity contribution in [3.8, 4) is 0 Å². The Labute approximate surface area is 250 Å². The molecule has 3 aromatic carbocycles. The predicted molar refractivity (Wildman–Crippen MR) is 165 cm³/mol. The number of sulfonamides is 1. The van der Waals surface area contributed by atoms with Crippen LogP contribution >= 0.6 is 11.6 Å². The molecule has 1 fully saturated rings. The Kier molecular flexibility index (Phi) is 7.79. The summed E-state index contributed by atoms with van der Waals surface area (Å²) >= 11 is 6.10. The molecule has 0 unspecified atom stereocenters. The van der Waals surface area contributed by atoms with Gasteiger partial charge in [0.15, 0.2) is 0 Å². The number of pyridine rings is 1. The number of halogens is 1. The Bertz CT molecular complexity index is 1790. The molecule has 1 amide bonds. The standard InChI is InChI=1S/C32H31ClN4O4S/c33-26-8-4-9-27(18-26)42(40,41)35-28-17-24(32(39)34-15-14-22-6-2-1-3-7-22)12-13-30(28)36-19-23-16-25(21-36)29-10-5-11-31(38)37(29)20-23/h1-13,17-18,23,25,35H,14-16,19-21H2,(H,34,39)/t23-,25+/m0/s1. The van der Waals surface area contributed by atoms with Crippen LogP contribution in [0.25, 0.3) is 0 Å². The van der Waals surface area contributed by atoms with Crippen molar-refractivity contribution in [1.82, 2.24) is 9.88 Å². The zero-order chi connectivity index (χ0) is 29.3. The lowest BCUT2D eigenvalue weighted by molar-refractivity contribution is 0.0954. The highest BCUT2D eigenvalue weighted by molar-refractivity contribution is 7.92. The van der Waals surface area contributed by atoms with Crippen LogP contribution in [-0.4, -0.2) is 38.5 Å². The van der Waals surface area contributed by atoms with Crippen LogP contribution in [0.4, 0.5) is 11.4 Å². The van der Waals surface area contributed by atoms with Crippen molar-refractivity contribution in [2.75, 3.05) is 29.3 Å². The minimum atomic E-state index is -4.00. The molecule has 4 aromatic rings. The first-order valence-electron chi connectivity index (χ1n) is 14.0. The van der Waals surface area contributed by atoms with E-state index in [0.29, 0.717) is 54.6 Å². The molecule has 216 valence electrons. The van der Waals surface area contributed by atoms with E-state index in [1.165, 1.54) is 12.1 Å². The van der Waals surface area contributed by atoms with Crippen LogP contribution in [-0.2, 0) is 23.0 Å². The quantitative estimate of drug-likeness (QED) is 0.299. The van der Waals surface area contributed by atoms with Gasteiger partial charge in [0.05, 0.1) is 16.3 Å². The van der Waals surface area contributed by atoms with E-state index in [2.05, 4.69) is 14.9 Å². The van der Waals surface area contributed by atoms with Gasteiger partial charge in [0, 0.05) is 54.4 Å². The Hall–Kier alpha value is -4.08. The number of carbonyl (C=O) groups excluding carboxylic acids is 1. The molecule has 0 saturated carbocycles. The number of hydrogen-bond donors (Lipinski definition) is 2. The predicted octanol–water partition coefficient (Wildman–Crippen LogP) is 4.90. The highest BCUT2D eigenvalue weighted by atomic mass is 35.5. The first-order valence-corrected chi connectivity index (χ1v) is 15.8. The number of fused-ring (bicyclic) bond motifs is 4. The van der Waals surface area contributed by atoms with Gasteiger partial charge in [0.25, 0.3) is 21.5 Å². The number of nitrogens with one attached hydrogen (secondary N) is 2. The smallest absolute Gasteiger partial charge is 0.262 e. The lowest BCUT2D eigenvalue weighted by Crippen LogP contribution is -2.47. The van der Waals surface area contributed by atoms with Crippen molar-refractivity contribution in [2.45, 2.75) is 30.2 Å². The molecule has 0 spiro atoms. The van der Waals surface area contributed by atoms with E-state index < -0.39 is 10.0 Å². The van der Waals surface area contributed by atoms with Crippen molar-refractivity contribution in [2.24, 2.45) is 5.92 Å². The average molecular weight is 603 g/mol. The van der Waals surface area contributed by atoms with Gasteiger partial charge < -0.3 is 14.8 Å². The lowest BCUT2D eigenvalue weighted by Gasteiger charge is -2.44. The van der Waals surface area contributed by atoms with Crippen LogP contribution in [0.1, 0.15) is 34.0 Å². The second-order valence-electron chi connectivity index (χ2n) is 10.9. The fourth-order valence-corrected chi connectivity index (χ4v) is 7.40. The van der Waals surface area contributed by atoms with Crippen LogP contribution < -0.4 is 20.5 Å². The van der Waals surface area contributed by atoms with E-state index in [1.807, 2.05) is 41.0 Å². The minimum Gasteiger partial charge on any atom is -0.369 e. The molecule has 42 heavy (non-hydrogen) atoms. The van der Waals surface area contributed by atoms with Crippen LogP contribution in [0.5, 0.6) is 0 Å². The number of aromatic nitrogens is 1. The zero-order valence-electron chi connectivity index (χ0n) is 22.9. The van der Waals surface area contributed by atoms with Gasteiger partial charge in [-0.25, -0.2) is 8.42 Å². The Morgan fingerprint density at radius 1 is 0.905 bits per heavy atom. The number of piperidine rings is 1. The third-order valence-electron chi connectivity index (χ3n) is 7.97. The number of anilines is 2. The number of rotatable bonds is 8. The molecule has 3 heterocycles. The molecule has 0 radical (unpaired) electrons. The van der Waals surface area contributed by atoms with Gasteiger partial charge in [-0.15, -0.1) is 0 Å². The molecule has 2 N–H and O–H groups in total. The van der Waals surface area contributed by atoms with Crippen LogP contribution in [0.2, 0.25) is 5.02 Å². The summed E-state index contributed by atoms with van der Waals surface area (Å²) in [5.74, 6) is 0.0731. The van der Waals surface area contributed by atoms with Crippen LogP contribution in [0, 0.1) is 5.92 Å². The summed E-state index contributed by atoms with van der Waals surface area (Å²) in [5.41, 5.74) is 3.47. The van der Waals surface area contributed by atoms with E-state index in [4.69, 9.17) is 11.6 Å². The monoisotopic (exact) mass is 602 g/mol. The van der Waals surface area contributed by atoms with Gasteiger partial charge in [-0.2, -0.15) is 0 Å². The highest BCUT2D eigenvalue weighted by Gasteiger charge is 2.35. The molecule has 10 heteroatoms. The molecule has 2 aliphatic heterocycles. The summed E-state index contributed by atoms with van der Waals surface area (Å²) < 4.78 is 31.5. The topological polar surface area (TPSA) is 101 Å². The Balaban J connectivity index is 1.30. The van der Waals surface area contributed by atoms with E-state index in [0.717, 1.165) is 17.7 Å². The number of nitrogens with zero attached hydrogens (tertiary/aromatic N) is 2. The third-order valence-corrected chi connectivity index (χ3v) is 9.57. The molecule has 2 aliphatic rings. The van der Waals surface area contributed by atoms with Gasteiger partial charge in [-0.3, -0.25) is 14.3 Å². The summed E-state index contributed by atoms with van der Waals surface area (Å²) in [7, 11) is -4.00. The largest absolute Gasteiger partial charge is 0.369 e. The number of carbonyl (C=O) groups is 1. The first kappa shape index (κ1) is 28.1. The molecule has 0 aliphatic carbocycles. The van der Waals surface area contributed by atoms with Crippen molar-refractivity contribution in [3.05, 3.63) is 123 Å².